The van der Waals surface area contributed by atoms with Gasteiger partial charge >= 0.3 is 11.9 Å². The second-order valence-electron chi connectivity index (χ2n) is 4.56. The van der Waals surface area contributed by atoms with E-state index in [-0.39, 0.29) is 23.6 Å². The van der Waals surface area contributed by atoms with Gasteiger partial charge in [-0.05, 0) is 13.3 Å². The van der Waals surface area contributed by atoms with Crippen molar-refractivity contribution in [3.63, 3.8) is 0 Å². The van der Waals surface area contributed by atoms with Crippen molar-refractivity contribution in [1.29, 1.82) is 0 Å². The maximum atomic E-state index is 12.1. The predicted molar refractivity (Wildman–Crippen MR) is 71.8 cm³/mol. The summed E-state index contributed by atoms with van der Waals surface area (Å²) in [5.41, 5.74) is 0. The zero-order chi connectivity index (χ0) is 15.0. The highest BCUT2D eigenvalue weighted by Crippen LogP contribution is 2.11. The Labute approximate surface area is 135 Å². The van der Waals surface area contributed by atoms with Crippen molar-refractivity contribution in [1.82, 2.24) is 4.57 Å². The number of ether oxygens (including phenoxy) is 2. The van der Waals surface area contributed by atoms with Gasteiger partial charge in [0.2, 0.25) is 6.33 Å². The van der Waals surface area contributed by atoms with Gasteiger partial charge in [0.15, 0.2) is 0 Å². The van der Waals surface area contributed by atoms with E-state index in [1.54, 1.807) is 30.2 Å². The number of aryl methyl sites for hydroxylation is 1. The molecule has 120 valence electrons. The Kier molecular flexibility index (Phi) is 9.69. The molecule has 6 nitrogen and oxygen atoms in total. The number of halogens is 1. The third-order valence-corrected chi connectivity index (χ3v) is 2.81. The van der Waals surface area contributed by atoms with Gasteiger partial charge in [-0.1, -0.05) is 19.8 Å². The zero-order valence-electron chi connectivity index (χ0n) is 12.8. The number of hydrogen-bond acceptors (Lipinski definition) is 4. The molecule has 0 bridgehead atoms. The van der Waals surface area contributed by atoms with Crippen LogP contribution in [0.25, 0.3) is 0 Å². The average Bonchev–Trinajstić information content (AvgIpc) is 2.81. The minimum atomic E-state index is -1.07. The van der Waals surface area contributed by atoms with Gasteiger partial charge in [-0.3, -0.25) is 0 Å². The standard InChI is InChI=1S/C14H23N2O4.BrH/c1-4-6-7-10-20-14(18)12(13(17)19-5-2)16-9-8-15(3)11-16;/h8-9,11-12H,4-7,10H2,1-3H3;1H/q+1;/p-1/t12-;/m1./s1. The van der Waals surface area contributed by atoms with Gasteiger partial charge in [0, 0.05) is 0 Å². The molecule has 1 aromatic heterocycles. The molecular weight excluding hydrogens is 340 g/mol. The van der Waals surface area contributed by atoms with E-state index >= 15 is 0 Å². The summed E-state index contributed by atoms with van der Waals surface area (Å²) in [7, 11) is 1.81. The van der Waals surface area contributed by atoms with Crippen LogP contribution in [0.2, 0.25) is 0 Å². The third-order valence-electron chi connectivity index (χ3n) is 2.81. The molecule has 1 rings (SSSR count). The Bertz CT molecular complexity index is 448. The van der Waals surface area contributed by atoms with Crippen molar-refractivity contribution in [3.05, 3.63) is 18.7 Å². The summed E-state index contributed by atoms with van der Waals surface area (Å²) >= 11 is 0. The molecular formula is C14H23BrN2O4. The lowest BCUT2D eigenvalue weighted by atomic mass is 10.2. The Morgan fingerprint density at radius 1 is 1.19 bits per heavy atom. The highest BCUT2D eigenvalue weighted by molar-refractivity contribution is 5.97. The SMILES string of the molecule is CCCCCOC(=O)[C@@H](C(=O)OCC)n1cc[n+](C)c1.[Br-]. The van der Waals surface area contributed by atoms with E-state index in [1.807, 2.05) is 7.05 Å². The molecule has 0 saturated carbocycles. The predicted octanol–water partition coefficient (Wildman–Crippen LogP) is -1.85. The molecule has 1 heterocycles. The molecule has 1 atom stereocenters. The van der Waals surface area contributed by atoms with Crippen LogP contribution in [0.3, 0.4) is 0 Å². The van der Waals surface area contributed by atoms with Crippen LogP contribution in [-0.4, -0.2) is 29.7 Å². The summed E-state index contributed by atoms with van der Waals surface area (Å²) in [6.07, 6.45) is 7.89. The number of nitrogens with zero attached hydrogens (tertiary/aromatic N) is 2. The quantitative estimate of drug-likeness (QED) is 0.236. The lowest BCUT2D eigenvalue weighted by Gasteiger charge is -2.12. The molecule has 0 unspecified atom stereocenters. The molecule has 0 amide bonds. The fourth-order valence-electron chi connectivity index (χ4n) is 1.79. The first-order valence-electron chi connectivity index (χ1n) is 6.96. The molecule has 0 aromatic carbocycles. The molecule has 7 heteroatoms. The molecule has 0 aliphatic carbocycles. The number of unbranched alkanes of at least 4 members (excludes halogenated alkanes) is 2. The van der Waals surface area contributed by atoms with E-state index in [4.69, 9.17) is 9.47 Å². The number of imidazole rings is 1. The number of hydrogen-bond donors (Lipinski definition) is 0. The summed E-state index contributed by atoms with van der Waals surface area (Å²) in [6, 6.07) is -1.07. The minimum Gasteiger partial charge on any atom is -1.00 e. The van der Waals surface area contributed by atoms with Crippen LogP contribution < -0.4 is 21.5 Å². The first-order chi connectivity index (χ1) is 9.60. The second kappa shape index (κ2) is 10.4. The van der Waals surface area contributed by atoms with Crippen molar-refractivity contribution >= 4 is 11.9 Å². The fourth-order valence-corrected chi connectivity index (χ4v) is 1.79. The van der Waals surface area contributed by atoms with E-state index in [0.29, 0.717) is 6.61 Å². The van der Waals surface area contributed by atoms with Crippen molar-refractivity contribution in [2.75, 3.05) is 13.2 Å². The summed E-state index contributed by atoms with van der Waals surface area (Å²) in [6.45, 7) is 4.34. The minimum absolute atomic E-state index is 0. The molecule has 0 aliphatic heterocycles. The van der Waals surface area contributed by atoms with Crippen LogP contribution in [0, 0.1) is 0 Å². The fraction of sp³-hybridized carbons (Fsp3) is 0.643. The van der Waals surface area contributed by atoms with Gasteiger partial charge in [0.05, 0.1) is 20.3 Å². The topological polar surface area (TPSA) is 61.4 Å². The third kappa shape index (κ3) is 6.29. The van der Waals surface area contributed by atoms with Gasteiger partial charge in [-0.15, -0.1) is 0 Å². The number of esters is 2. The van der Waals surface area contributed by atoms with Crippen LogP contribution in [-0.2, 0) is 26.1 Å². The summed E-state index contributed by atoms with van der Waals surface area (Å²) < 4.78 is 13.4. The highest BCUT2D eigenvalue weighted by atomic mass is 79.9. The number of carbonyl (C=O) groups is 2. The van der Waals surface area contributed by atoms with Crippen molar-refractivity contribution < 1.29 is 40.6 Å². The lowest BCUT2D eigenvalue weighted by molar-refractivity contribution is -0.671. The Morgan fingerprint density at radius 2 is 1.86 bits per heavy atom. The van der Waals surface area contributed by atoms with Crippen molar-refractivity contribution in [2.24, 2.45) is 7.05 Å². The Hall–Kier alpha value is -1.37. The van der Waals surface area contributed by atoms with E-state index in [2.05, 4.69) is 6.92 Å². The highest BCUT2D eigenvalue weighted by Gasteiger charge is 2.36. The normalized spacial score (nSPS) is 11.4. The summed E-state index contributed by atoms with van der Waals surface area (Å²) in [5, 5.41) is 0. The van der Waals surface area contributed by atoms with Crippen LogP contribution in [0.15, 0.2) is 18.7 Å². The van der Waals surface area contributed by atoms with Gasteiger partial charge in [0.1, 0.15) is 12.4 Å². The monoisotopic (exact) mass is 362 g/mol. The molecule has 21 heavy (non-hydrogen) atoms. The second-order valence-corrected chi connectivity index (χ2v) is 4.56. The zero-order valence-corrected chi connectivity index (χ0v) is 14.3. The first-order valence-corrected chi connectivity index (χ1v) is 6.96. The van der Waals surface area contributed by atoms with Crippen LogP contribution >= 0.6 is 0 Å². The van der Waals surface area contributed by atoms with Crippen LogP contribution in [0.1, 0.15) is 39.2 Å². The van der Waals surface area contributed by atoms with E-state index < -0.39 is 18.0 Å². The smallest absolute Gasteiger partial charge is 0.363 e. The van der Waals surface area contributed by atoms with Gasteiger partial charge in [-0.25, -0.2) is 18.7 Å². The molecule has 0 radical (unpaired) electrons. The van der Waals surface area contributed by atoms with Crippen LogP contribution in [0.4, 0.5) is 0 Å². The maximum Gasteiger partial charge on any atom is 0.363 e. The molecule has 0 aliphatic rings. The largest absolute Gasteiger partial charge is 1.00 e. The van der Waals surface area contributed by atoms with E-state index in [0.717, 1.165) is 19.3 Å². The Balaban J connectivity index is 0.00000400. The lowest BCUT2D eigenvalue weighted by Crippen LogP contribution is -3.00. The maximum absolute atomic E-state index is 12.1. The van der Waals surface area contributed by atoms with Crippen LogP contribution in [0.5, 0.6) is 0 Å². The van der Waals surface area contributed by atoms with E-state index in [9.17, 15) is 9.59 Å². The first kappa shape index (κ1) is 19.6. The van der Waals surface area contributed by atoms with Gasteiger partial charge in [0.25, 0.3) is 6.04 Å². The molecule has 0 saturated heterocycles. The van der Waals surface area contributed by atoms with Gasteiger partial charge in [-0.2, -0.15) is 0 Å². The molecule has 1 aromatic rings. The van der Waals surface area contributed by atoms with Gasteiger partial charge < -0.3 is 26.5 Å². The van der Waals surface area contributed by atoms with E-state index in [1.165, 1.54) is 4.57 Å². The molecule has 0 fully saturated rings. The molecule has 0 spiro atoms. The summed E-state index contributed by atoms with van der Waals surface area (Å²) in [4.78, 5) is 24.0. The number of aromatic nitrogens is 2. The van der Waals surface area contributed by atoms with Crippen molar-refractivity contribution in [2.45, 2.75) is 39.2 Å². The molecule has 0 N–H and O–H groups in total. The number of carbonyl (C=O) groups excluding carboxylic acids is 2. The van der Waals surface area contributed by atoms with Crippen molar-refractivity contribution in [3.8, 4) is 0 Å². The summed E-state index contributed by atoms with van der Waals surface area (Å²) in [5.74, 6) is -1.17. The number of rotatable bonds is 8. The average molecular weight is 363 g/mol. The Morgan fingerprint density at radius 3 is 2.38 bits per heavy atom.